The Morgan fingerprint density at radius 3 is 2.58 bits per heavy atom. The quantitative estimate of drug-likeness (QED) is 0.676. The van der Waals surface area contributed by atoms with Crippen molar-refractivity contribution in [1.82, 2.24) is 10.2 Å². The van der Waals surface area contributed by atoms with Crippen molar-refractivity contribution >= 4 is 23.4 Å². The first-order valence-corrected chi connectivity index (χ1v) is 10.7. The molecule has 11 heteroatoms. The van der Waals surface area contributed by atoms with Gasteiger partial charge in [-0.3, -0.25) is 14.6 Å². The maximum absolute atomic E-state index is 14.9. The summed E-state index contributed by atoms with van der Waals surface area (Å²) in [6.07, 6.45) is -3.71. The van der Waals surface area contributed by atoms with Crippen LogP contribution in [0.1, 0.15) is 24.9 Å². The summed E-state index contributed by atoms with van der Waals surface area (Å²) < 4.78 is 50.6. The van der Waals surface area contributed by atoms with E-state index in [0.717, 1.165) is 0 Å². The van der Waals surface area contributed by atoms with Crippen LogP contribution < -0.4 is 15.1 Å². The van der Waals surface area contributed by atoms with E-state index in [1.54, 1.807) is 18.2 Å². The summed E-state index contributed by atoms with van der Waals surface area (Å²) in [6, 6.07) is 7.44. The molecule has 1 aromatic carbocycles. The van der Waals surface area contributed by atoms with Crippen LogP contribution in [0.2, 0.25) is 0 Å². The van der Waals surface area contributed by atoms with Crippen LogP contribution in [0.4, 0.5) is 29.3 Å². The van der Waals surface area contributed by atoms with Crippen molar-refractivity contribution in [3.63, 3.8) is 0 Å². The highest BCUT2D eigenvalue weighted by Crippen LogP contribution is 2.29. The smallest absolute Gasteiger partial charge is 0.414 e. The number of piperazine rings is 1. The molecule has 0 unspecified atom stereocenters. The molecule has 2 saturated heterocycles. The average Bonchev–Trinajstić information content (AvgIpc) is 3.39. The third-order valence-corrected chi connectivity index (χ3v) is 5.69. The van der Waals surface area contributed by atoms with Crippen LogP contribution in [-0.2, 0) is 16.1 Å². The first-order chi connectivity index (χ1) is 15.8. The summed E-state index contributed by atoms with van der Waals surface area (Å²) in [7, 11) is 0. The Kier molecular flexibility index (Phi) is 6.77. The zero-order valence-electron chi connectivity index (χ0n) is 18.1. The molecule has 4 rings (SSSR count). The van der Waals surface area contributed by atoms with Gasteiger partial charge in [-0.2, -0.15) is 0 Å². The van der Waals surface area contributed by atoms with E-state index in [0.29, 0.717) is 49.9 Å². The minimum atomic E-state index is -2.63. The number of anilines is 2. The lowest BCUT2D eigenvalue weighted by Crippen LogP contribution is -2.46. The van der Waals surface area contributed by atoms with E-state index in [4.69, 9.17) is 9.15 Å². The van der Waals surface area contributed by atoms with Gasteiger partial charge in [-0.1, -0.05) is 0 Å². The first-order valence-electron chi connectivity index (χ1n) is 10.7. The molecule has 1 N–H and O–H groups in total. The van der Waals surface area contributed by atoms with Crippen LogP contribution in [0.25, 0.3) is 0 Å². The summed E-state index contributed by atoms with van der Waals surface area (Å²) >= 11 is 0. The lowest BCUT2D eigenvalue weighted by Gasteiger charge is -2.36. The van der Waals surface area contributed by atoms with Gasteiger partial charge in [0.1, 0.15) is 17.7 Å². The fourth-order valence-corrected chi connectivity index (χ4v) is 3.98. The Balaban J connectivity index is 1.33. The molecule has 0 aliphatic carbocycles. The van der Waals surface area contributed by atoms with E-state index in [1.807, 2.05) is 4.90 Å². The summed E-state index contributed by atoms with van der Waals surface area (Å²) in [4.78, 5) is 28.5. The Morgan fingerprint density at radius 2 is 1.94 bits per heavy atom. The van der Waals surface area contributed by atoms with Crippen molar-refractivity contribution in [2.45, 2.75) is 26.0 Å². The van der Waals surface area contributed by atoms with E-state index in [-0.39, 0.29) is 24.8 Å². The molecule has 178 valence electrons. The lowest BCUT2D eigenvalue weighted by atomic mass is 10.2. The Labute approximate surface area is 188 Å². The number of cyclic esters (lactones) is 1. The van der Waals surface area contributed by atoms with Crippen LogP contribution >= 0.6 is 0 Å². The SMILES string of the molecule is CC(=O)NC[C@H]1CN(c2ccc(N3CCN(Cc4ccc(C(F)F)o4)CC3)c(F)c2)C(=O)O1. The minimum absolute atomic E-state index is 0.198. The summed E-state index contributed by atoms with van der Waals surface area (Å²) in [5.41, 5.74) is 0.816. The van der Waals surface area contributed by atoms with Crippen LogP contribution in [0.5, 0.6) is 0 Å². The monoisotopic (exact) mass is 466 g/mol. The lowest BCUT2D eigenvalue weighted by molar-refractivity contribution is -0.119. The van der Waals surface area contributed by atoms with Gasteiger partial charge in [-0.05, 0) is 30.3 Å². The molecule has 2 aliphatic rings. The van der Waals surface area contributed by atoms with Gasteiger partial charge in [0.05, 0.1) is 31.0 Å². The molecule has 8 nitrogen and oxygen atoms in total. The molecular weight excluding hydrogens is 441 g/mol. The second kappa shape index (κ2) is 9.74. The van der Waals surface area contributed by atoms with Crippen LogP contribution in [0.3, 0.4) is 0 Å². The molecule has 2 amide bonds. The summed E-state index contributed by atoms with van der Waals surface area (Å²) in [5.74, 6) is -0.536. The number of nitrogens with one attached hydrogen (secondary N) is 1. The third kappa shape index (κ3) is 5.41. The minimum Gasteiger partial charge on any atom is -0.459 e. The standard InChI is InChI=1S/C22H25F3N4O4/c1-14(30)26-11-17-13-29(22(31)33-17)15-2-4-19(18(23)10-15)28-8-6-27(7-9-28)12-16-3-5-20(32-16)21(24)25/h2-5,10,17,21H,6-9,11-13H2,1H3,(H,26,30)/t17-/m0/s1. The molecule has 2 fully saturated rings. The Morgan fingerprint density at radius 1 is 1.18 bits per heavy atom. The van der Waals surface area contributed by atoms with Crippen LogP contribution in [0, 0.1) is 5.82 Å². The van der Waals surface area contributed by atoms with Gasteiger partial charge in [0.2, 0.25) is 5.91 Å². The largest absolute Gasteiger partial charge is 0.459 e. The van der Waals surface area contributed by atoms with Crippen molar-refractivity contribution in [1.29, 1.82) is 0 Å². The van der Waals surface area contributed by atoms with Crippen LogP contribution in [-0.4, -0.2) is 62.3 Å². The van der Waals surface area contributed by atoms with Gasteiger partial charge in [0, 0.05) is 33.1 Å². The van der Waals surface area contributed by atoms with Gasteiger partial charge >= 0.3 is 6.09 Å². The topological polar surface area (TPSA) is 78.3 Å². The number of ether oxygens (including phenoxy) is 1. The van der Waals surface area contributed by atoms with E-state index in [9.17, 15) is 22.8 Å². The van der Waals surface area contributed by atoms with Gasteiger partial charge in [0.15, 0.2) is 5.76 Å². The zero-order chi connectivity index (χ0) is 23.5. The van der Waals surface area contributed by atoms with Crippen molar-refractivity contribution in [2.75, 3.05) is 49.1 Å². The van der Waals surface area contributed by atoms with Crippen molar-refractivity contribution in [3.8, 4) is 0 Å². The molecule has 0 radical (unpaired) electrons. The maximum Gasteiger partial charge on any atom is 0.414 e. The highest BCUT2D eigenvalue weighted by atomic mass is 19.3. The molecule has 1 aromatic heterocycles. The van der Waals surface area contributed by atoms with Crippen molar-refractivity contribution in [3.05, 3.63) is 47.7 Å². The van der Waals surface area contributed by atoms with Gasteiger partial charge in [-0.15, -0.1) is 0 Å². The van der Waals surface area contributed by atoms with Crippen molar-refractivity contribution < 1.29 is 31.9 Å². The number of hydrogen-bond acceptors (Lipinski definition) is 6. The first kappa shape index (κ1) is 23.0. The molecule has 0 saturated carbocycles. The number of rotatable bonds is 7. The second-order valence-electron chi connectivity index (χ2n) is 8.06. The number of amides is 2. The van der Waals surface area contributed by atoms with Gasteiger partial charge in [-0.25, -0.2) is 18.0 Å². The van der Waals surface area contributed by atoms with E-state index in [1.165, 1.54) is 24.0 Å². The van der Waals surface area contributed by atoms with E-state index >= 15 is 0 Å². The van der Waals surface area contributed by atoms with Gasteiger partial charge < -0.3 is 19.4 Å². The molecule has 1 atom stereocenters. The highest BCUT2D eigenvalue weighted by Gasteiger charge is 2.33. The van der Waals surface area contributed by atoms with Gasteiger partial charge in [0.25, 0.3) is 6.43 Å². The predicted octanol–water partition coefficient (Wildman–Crippen LogP) is 3.14. The van der Waals surface area contributed by atoms with E-state index in [2.05, 4.69) is 10.2 Å². The van der Waals surface area contributed by atoms with E-state index < -0.39 is 24.4 Å². The van der Waals surface area contributed by atoms with Crippen molar-refractivity contribution in [2.24, 2.45) is 0 Å². The molecule has 2 aliphatic heterocycles. The number of hydrogen-bond donors (Lipinski definition) is 1. The van der Waals surface area contributed by atoms with Crippen LogP contribution in [0.15, 0.2) is 34.7 Å². The molecule has 33 heavy (non-hydrogen) atoms. The number of benzene rings is 1. The summed E-state index contributed by atoms with van der Waals surface area (Å²) in [5, 5.41) is 2.60. The number of carbonyl (C=O) groups is 2. The number of halogens is 3. The predicted molar refractivity (Wildman–Crippen MR) is 114 cm³/mol. The molecule has 0 bridgehead atoms. The average molecular weight is 466 g/mol. The maximum atomic E-state index is 14.9. The molecule has 2 aromatic rings. The molecule has 0 spiro atoms. The number of alkyl halides is 2. The number of furan rings is 1. The summed E-state index contributed by atoms with van der Waals surface area (Å²) in [6.45, 7) is 4.57. The number of nitrogens with zero attached hydrogens (tertiary/aromatic N) is 3. The molecule has 3 heterocycles. The number of carbonyl (C=O) groups excluding carboxylic acids is 2. The second-order valence-corrected chi connectivity index (χ2v) is 8.06. The fourth-order valence-electron chi connectivity index (χ4n) is 3.98. The third-order valence-electron chi connectivity index (χ3n) is 5.69. The zero-order valence-corrected chi connectivity index (χ0v) is 18.1. The Bertz CT molecular complexity index is 1010. The normalized spacial score (nSPS) is 19.3. The molecular formula is C22H25F3N4O4. The highest BCUT2D eigenvalue weighted by molar-refractivity contribution is 5.90. The Hall–Kier alpha value is -3.21. The fraction of sp³-hybridized carbons (Fsp3) is 0.455.